The molecule has 0 bridgehead atoms. The third kappa shape index (κ3) is 6.48. The Balaban J connectivity index is 1.48. The smallest absolute Gasteiger partial charge is 0.355 e. The molecular weight excluding hydrogens is 429 g/mol. The third-order valence-corrected chi connectivity index (χ3v) is 6.43. The lowest BCUT2D eigenvalue weighted by Crippen LogP contribution is -2.52. The van der Waals surface area contributed by atoms with Crippen molar-refractivity contribution in [2.24, 2.45) is 11.3 Å². The molecule has 0 unspecified atom stereocenters. The van der Waals surface area contributed by atoms with E-state index in [1.54, 1.807) is 0 Å². The van der Waals surface area contributed by atoms with E-state index in [2.05, 4.69) is 30.7 Å². The van der Waals surface area contributed by atoms with Crippen molar-refractivity contribution in [3.63, 3.8) is 0 Å². The Morgan fingerprint density at radius 3 is 2.23 bits per heavy atom. The summed E-state index contributed by atoms with van der Waals surface area (Å²) < 4.78 is 38.5. The molecule has 174 valence electrons. The van der Waals surface area contributed by atoms with Gasteiger partial charge in [0.15, 0.2) is 0 Å². The van der Waals surface area contributed by atoms with E-state index in [-0.39, 0.29) is 16.8 Å². The first-order valence-corrected chi connectivity index (χ1v) is 11.3. The zero-order valence-corrected chi connectivity index (χ0v) is 19.3. The minimum absolute atomic E-state index is 0.00835. The van der Waals surface area contributed by atoms with Gasteiger partial charge in [-0.2, -0.15) is 13.2 Å². The molecule has 0 N–H and O–H groups in total. The van der Waals surface area contributed by atoms with Gasteiger partial charge in [0.2, 0.25) is 5.91 Å². The first-order chi connectivity index (χ1) is 14.4. The van der Waals surface area contributed by atoms with E-state index in [1.807, 2.05) is 9.80 Å². The van der Waals surface area contributed by atoms with E-state index in [0.29, 0.717) is 37.2 Å². The fourth-order valence-corrected chi connectivity index (χ4v) is 4.39. The zero-order chi connectivity index (χ0) is 22.8. The van der Waals surface area contributed by atoms with Gasteiger partial charge in [-0.05, 0) is 37.3 Å². The minimum atomic E-state index is -4.47. The first kappa shape index (κ1) is 24.1. The summed E-state index contributed by atoms with van der Waals surface area (Å²) in [6, 6.07) is 0.917. The van der Waals surface area contributed by atoms with Gasteiger partial charge in [0.1, 0.15) is 5.82 Å². The fourth-order valence-electron chi connectivity index (χ4n) is 4.10. The van der Waals surface area contributed by atoms with Crippen molar-refractivity contribution in [1.82, 2.24) is 14.8 Å². The van der Waals surface area contributed by atoms with E-state index in [4.69, 9.17) is 11.6 Å². The molecule has 31 heavy (non-hydrogen) atoms. The van der Waals surface area contributed by atoms with E-state index < -0.39 is 11.7 Å². The van der Waals surface area contributed by atoms with Crippen LogP contribution in [0.5, 0.6) is 0 Å². The number of piperazine rings is 1. The number of aromatic nitrogens is 1. The predicted molar refractivity (Wildman–Crippen MR) is 116 cm³/mol. The maximum atomic E-state index is 13.0. The SMILES string of the molecule is CC(C)(C)CCN1CCN(C(=O)C2CCN(c3ncc(C(F)(F)F)cc3Cl)CC2)CC1. The van der Waals surface area contributed by atoms with Crippen molar-refractivity contribution >= 4 is 23.3 Å². The van der Waals surface area contributed by atoms with Crippen LogP contribution >= 0.6 is 11.6 Å². The van der Waals surface area contributed by atoms with Gasteiger partial charge in [-0.15, -0.1) is 0 Å². The molecule has 0 saturated carbocycles. The lowest BCUT2D eigenvalue weighted by atomic mass is 9.92. The lowest BCUT2D eigenvalue weighted by Gasteiger charge is -2.39. The van der Waals surface area contributed by atoms with Crippen LogP contribution in [-0.2, 0) is 11.0 Å². The zero-order valence-electron chi connectivity index (χ0n) is 18.5. The van der Waals surface area contributed by atoms with Gasteiger partial charge < -0.3 is 9.80 Å². The van der Waals surface area contributed by atoms with E-state index in [1.165, 1.54) is 0 Å². The van der Waals surface area contributed by atoms with E-state index >= 15 is 0 Å². The highest BCUT2D eigenvalue weighted by atomic mass is 35.5. The van der Waals surface area contributed by atoms with E-state index in [0.717, 1.165) is 51.4 Å². The Morgan fingerprint density at radius 2 is 1.71 bits per heavy atom. The molecule has 2 fully saturated rings. The molecule has 1 aromatic heterocycles. The third-order valence-electron chi connectivity index (χ3n) is 6.15. The van der Waals surface area contributed by atoms with Crippen molar-refractivity contribution in [2.45, 2.75) is 46.2 Å². The number of hydrogen-bond donors (Lipinski definition) is 0. The summed E-state index contributed by atoms with van der Waals surface area (Å²) in [6.07, 6.45) is -1.20. The molecule has 3 heterocycles. The van der Waals surface area contributed by atoms with Crippen LogP contribution in [0.4, 0.5) is 19.0 Å². The highest BCUT2D eigenvalue weighted by Gasteiger charge is 2.34. The van der Waals surface area contributed by atoms with Gasteiger partial charge >= 0.3 is 6.18 Å². The highest BCUT2D eigenvalue weighted by Crippen LogP contribution is 2.35. The van der Waals surface area contributed by atoms with Crippen LogP contribution in [-0.4, -0.2) is 66.5 Å². The predicted octanol–water partition coefficient (Wildman–Crippen LogP) is 4.55. The molecular formula is C22H32ClF3N4O. The second-order valence-electron chi connectivity index (χ2n) is 9.77. The molecule has 5 nitrogen and oxygen atoms in total. The molecule has 1 amide bonds. The maximum absolute atomic E-state index is 13.0. The summed E-state index contributed by atoms with van der Waals surface area (Å²) in [4.78, 5) is 23.2. The summed E-state index contributed by atoms with van der Waals surface area (Å²) in [6.45, 7) is 12.2. The average molecular weight is 461 g/mol. The molecule has 2 aliphatic heterocycles. The Kier molecular flexibility index (Phi) is 7.41. The van der Waals surface area contributed by atoms with Gasteiger partial charge in [-0.3, -0.25) is 9.69 Å². The number of anilines is 1. The summed E-state index contributed by atoms with van der Waals surface area (Å²) in [5, 5.41) is -0.00835. The highest BCUT2D eigenvalue weighted by molar-refractivity contribution is 6.33. The number of rotatable bonds is 4. The summed E-state index contributed by atoms with van der Waals surface area (Å²) in [5.41, 5.74) is -0.542. The monoisotopic (exact) mass is 460 g/mol. The molecule has 9 heteroatoms. The van der Waals surface area contributed by atoms with Crippen LogP contribution in [0.15, 0.2) is 12.3 Å². The van der Waals surface area contributed by atoms with E-state index in [9.17, 15) is 18.0 Å². The Morgan fingerprint density at radius 1 is 1.10 bits per heavy atom. The summed E-state index contributed by atoms with van der Waals surface area (Å²) in [5.74, 6) is 0.500. The molecule has 0 radical (unpaired) electrons. The van der Waals surface area contributed by atoms with Gasteiger partial charge in [0, 0.05) is 51.4 Å². The van der Waals surface area contributed by atoms with Crippen molar-refractivity contribution in [3.05, 3.63) is 22.8 Å². The number of piperidine rings is 1. The molecule has 0 aliphatic carbocycles. The average Bonchev–Trinajstić information content (AvgIpc) is 2.71. The summed E-state index contributed by atoms with van der Waals surface area (Å²) in [7, 11) is 0. The normalized spacial score (nSPS) is 19.7. The molecule has 2 aliphatic rings. The Bertz CT molecular complexity index is 765. The number of pyridine rings is 1. The van der Waals surface area contributed by atoms with Crippen LogP contribution < -0.4 is 4.90 Å². The Hall–Kier alpha value is -1.54. The van der Waals surface area contributed by atoms with Crippen molar-refractivity contribution in [3.8, 4) is 0 Å². The van der Waals surface area contributed by atoms with Crippen LogP contribution in [0, 0.1) is 11.3 Å². The first-order valence-electron chi connectivity index (χ1n) is 10.9. The Labute approximate surface area is 187 Å². The fraction of sp³-hybridized carbons (Fsp3) is 0.727. The van der Waals surface area contributed by atoms with Crippen LogP contribution in [0.2, 0.25) is 5.02 Å². The van der Waals surface area contributed by atoms with Gasteiger partial charge in [-0.1, -0.05) is 32.4 Å². The topological polar surface area (TPSA) is 39.7 Å². The van der Waals surface area contributed by atoms with Crippen LogP contribution in [0.1, 0.15) is 45.6 Å². The van der Waals surface area contributed by atoms with Gasteiger partial charge in [0.25, 0.3) is 0 Å². The second kappa shape index (κ2) is 9.53. The molecule has 2 saturated heterocycles. The second-order valence-corrected chi connectivity index (χ2v) is 10.2. The largest absolute Gasteiger partial charge is 0.417 e. The molecule has 3 rings (SSSR count). The van der Waals surface area contributed by atoms with Gasteiger partial charge in [0.05, 0.1) is 10.6 Å². The van der Waals surface area contributed by atoms with Crippen LogP contribution in [0.3, 0.4) is 0 Å². The van der Waals surface area contributed by atoms with Crippen molar-refractivity contribution < 1.29 is 18.0 Å². The minimum Gasteiger partial charge on any atom is -0.355 e. The standard InChI is InChI=1S/C22H32ClF3N4O/c1-21(2,3)6-9-28-10-12-30(13-11-28)20(31)16-4-7-29(8-5-16)19-18(23)14-17(15-27-19)22(24,25)26/h14-16H,4-13H2,1-3H3. The van der Waals surface area contributed by atoms with Gasteiger partial charge in [-0.25, -0.2) is 4.98 Å². The number of nitrogens with zero attached hydrogens (tertiary/aromatic N) is 4. The molecule has 0 atom stereocenters. The number of halogens is 4. The molecule has 0 aromatic carbocycles. The molecule has 1 aromatic rings. The van der Waals surface area contributed by atoms with Crippen LogP contribution in [0.25, 0.3) is 0 Å². The lowest BCUT2D eigenvalue weighted by molar-refractivity contribution is -0.138. The number of carbonyl (C=O) groups is 1. The number of alkyl halides is 3. The quantitative estimate of drug-likeness (QED) is 0.660. The van der Waals surface area contributed by atoms with Crippen molar-refractivity contribution in [2.75, 3.05) is 50.7 Å². The maximum Gasteiger partial charge on any atom is 0.417 e. The number of amides is 1. The van der Waals surface area contributed by atoms with Crippen molar-refractivity contribution in [1.29, 1.82) is 0 Å². The number of hydrogen-bond acceptors (Lipinski definition) is 4. The summed E-state index contributed by atoms with van der Waals surface area (Å²) >= 11 is 6.07. The molecule has 0 spiro atoms. The number of carbonyl (C=O) groups excluding carboxylic acids is 1.